The molecule has 0 saturated carbocycles. The molecule has 0 aromatic carbocycles. The molecule has 1 aliphatic rings. The summed E-state index contributed by atoms with van der Waals surface area (Å²) in [5, 5.41) is 4.19. The molecular weight excluding hydrogens is 132 g/mol. The fraction of sp³-hybridized carbons (Fsp3) is 0.500. The van der Waals surface area contributed by atoms with Crippen LogP contribution in [0.2, 0.25) is 0 Å². The molecule has 1 aliphatic heterocycles. The standard InChI is InChI=1S/C6H10N2S/c1-2-3-7-6-8-4-5-9-6/h2H,1,3-5H2,(H,7,8). The van der Waals surface area contributed by atoms with Crippen molar-refractivity contribution in [3.05, 3.63) is 12.7 Å². The summed E-state index contributed by atoms with van der Waals surface area (Å²) >= 11 is 1.77. The largest absolute Gasteiger partial charge is 0.361 e. The minimum Gasteiger partial charge on any atom is -0.361 e. The maximum Gasteiger partial charge on any atom is 0.156 e. The van der Waals surface area contributed by atoms with Crippen LogP contribution in [0.3, 0.4) is 0 Å². The highest BCUT2D eigenvalue weighted by Gasteiger charge is 2.03. The van der Waals surface area contributed by atoms with Gasteiger partial charge in [0, 0.05) is 12.3 Å². The monoisotopic (exact) mass is 142 g/mol. The zero-order valence-electron chi connectivity index (χ0n) is 5.26. The lowest BCUT2D eigenvalue weighted by atomic mass is 10.6. The second-order valence-electron chi connectivity index (χ2n) is 1.70. The quantitative estimate of drug-likeness (QED) is 0.578. The summed E-state index contributed by atoms with van der Waals surface area (Å²) in [7, 11) is 0. The second kappa shape index (κ2) is 3.56. The number of hydrogen-bond donors (Lipinski definition) is 1. The number of amidine groups is 1. The van der Waals surface area contributed by atoms with E-state index in [-0.39, 0.29) is 0 Å². The number of hydrogen-bond acceptors (Lipinski definition) is 3. The van der Waals surface area contributed by atoms with E-state index in [0.29, 0.717) is 0 Å². The van der Waals surface area contributed by atoms with Crippen LogP contribution in [-0.2, 0) is 0 Å². The van der Waals surface area contributed by atoms with Crippen LogP contribution in [0.15, 0.2) is 17.6 Å². The van der Waals surface area contributed by atoms with Gasteiger partial charge in [0.05, 0.1) is 6.54 Å². The van der Waals surface area contributed by atoms with Crippen LogP contribution in [0, 0.1) is 0 Å². The third-order valence-electron chi connectivity index (χ3n) is 0.983. The van der Waals surface area contributed by atoms with Crippen molar-refractivity contribution in [2.75, 3.05) is 18.8 Å². The average Bonchev–Trinajstić information content (AvgIpc) is 2.34. The van der Waals surface area contributed by atoms with Crippen LogP contribution in [0.5, 0.6) is 0 Å². The minimum absolute atomic E-state index is 0.825. The summed E-state index contributed by atoms with van der Waals surface area (Å²) in [6.45, 7) is 5.38. The summed E-state index contributed by atoms with van der Waals surface area (Å²) < 4.78 is 0. The van der Waals surface area contributed by atoms with E-state index in [0.717, 1.165) is 24.0 Å². The lowest BCUT2D eigenvalue weighted by Gasteiger charge is -1.97. The third-order valence-corrected chi connectivity index (χ3v) is 1.92. The van der Waals surface area contributed by atoms with E-state index in [9.17, 15) is 0 Å². The van der Waals surface area contributed by atoms with Crippen molar-refractivity contribution in [3.63, 3.8) is 0 Å². The molecule has 0 bridgehead atoms. The Morgan fingerprint density at radius 1 is 1.89 bits per heavy atom. The normalized spacial score (nSPS) is 17.1. The minimum atomic E-state index is 0.825. The van der Waals surface area contributed by atoms with Crippen molar-refractivity contribution < 1.29 is 0 Å². The van der Waals surface area contributed by atoms with Gasteiger partial charge in [-0.05, 0) is 0 Å². The molecule has 0 fully saturated rings. The van der Waals surface area contributed by atoms with Gasteiger partial charge in [0.25, 0.3) is 0 Å². The molecule has 0 atom stereocenters. The van der Waals surface area contributed by atoms with E-state index in [4.69, 9.17) is 0 Å². The molecule has 0 amide bonds. The molecule has 0 radical (unpaired) electrons. The Morgan fingerprint density at radius 2 is 2.78 bits per heavy atom. The van der Waals surface area contributed by atoms with Crippen molar-refractivity contribution in [1.29, 1.82) is 0 Å². The molecule has 50 valence electrons. The molecule has 0 saturated heterocycles. The highest BCUT2D eigenvalue weighted by molar-refractivity contribution is 8.14. The van der Waals surface area contributed by atoms with Crippen LogP contribution < -0.4 is 5.32 Å². The van der Waals surface area contributed by atoms with E-state index in [1.165, 1.54) is 0 Å². The molecule has 0 unspecified atom stereocenters. The Hall–Kier alpha value is -0.440. The number of thioether (sulfide) groups is 1. The van der Waals surface area contributed by atoms with Gasteiger partial charge in [0.2, 0.25) is 0 Å². The zero-order chi connectivity index (χ0) is 6.53. The van der Waals surface area contributed by atoms with Crippen LogP contribution in [0.1, 0.15) is 0 Å². The summed E-state index contributed by atoms with van der Waals surface area (Å²) in [6, 6.07) is 0. The third kappa shape index (κ3) is 2.10. The topological polar surface area (TPSA) is 24.4 Å². The predicted octanol–water partition coefficient (Wildman–Crippen LogP) is 0.865. The zero-order valence-corrected chi connectivity index (χ0v) is 6.08. The maximum atomic E-state index is 4.19. The van der Waals surface area contributed by atoms with Crippen molar-refractivity contribution in [3.8, 4) is 0 Å². The molecule has 3 heteroatoms. The fourth-order valence-electron chi connectivity index (χ4n) is 0.602. The van der Waals surface area contributed by atoms with Gasteiger partial charge in [-0.25, -0.2) is 0 Å². The van der Waals surface area contributed by atoms with Gasteiger partial charge in [0.1, 0.15) is 0 Å². The van der Waals surface area contributed by atoms with Gasteiger partial charge in [-0.3, -0.25) is 4.99 Å². The molecule has 0 aromatic heterocycles. The second-order valence-corrected chi connectivity index (χ2v) is 2.79. The van der Waals surface area contributed by atoms with Gasteiger partial charge in [-0.1, -0.05) is 17.8 Å². The van der Waals surface area contributed by atoms with Crippen LogP contribution in [0.25, 0.3) is 0 Å². The number of rotatable bonds is 2. The fourth-order valence-corrected chi connectivity index (χ4v) is 1.35. The molecular formula is C6H10N2S. The van der Waals surface area contributed by atoms with E-state index < -0.39 is 0 Å². The van der Waals surface area contributed by atoms with Gasteiger partial charge in [0.15, 0.2) is 5.17 Å². The van der Waals surface area contributed by atoms with Crippen LogP contribution >= 0.6 is 11.8 Å². The van der Waals surface area contributed by atoms with Crippen molar-refractivity contribution >= 4 is 16.9 Å². The number of nitrogens with zero attached hydrogens (tertiary/aromatic N) is 1. The maximum absolute atomic E-state index is 4.19. The average molecular weight is 142 g/mol. The molecule has 9 heavy (non-hydrogen) atoms. The molecule has 1 N–H and O–H groups in total. The molecule has 2 nitrogen and oxygen atoms in total. The van der Waals surface area contributed by atoms with E-state index in [2.05, 4.69) is 16.9 Å². The molecule has 0 aromatic rings. The first kappa shape index (κ1) is 6.68. The van der Waals surface area contributed by atoms with Crippen molar-refractivity contribution in [2.45, 2.75) is 0 Å². The Balaban J connectivity index is 2.18. The summed E-state index contributed by atoms with van der Waals surface area (Å²) in [6.07, 6.45) is 1.83. The SMILES string of the molecule is C=CCNC1=NCCS1. The molecule has 0 spiro atoms. The lowest BCUT2D eigenvalue weighted by molar-refractivity contribution is 1.04. The Kier molecular flexibility index (Phi) is 2.64. The molecule has 1 heterocycles. The summed E-state index contributed by atoms with van der Waals surface area (Å²) in [4.78, 5) is 4.19. The Morgan fingerprint density at radius 3 is 3.33 bits per heavy atom. The molecule has 1 rings (SSSR count). The summed E-state index contributed by atoms with van der Waals surface area (Å²) in [5.41, 5.74) is 0. The summed E-state index contributed by atoms with van der Waals surface area (Å²) in [5.74, 6) is 1.12. The Bertz CT molecular complexity index is 131. The van der Waals surface area contributed by atoms with E-state index in [1.54, 1.807) is 11.8 Å². The van der Waals surface area contributed by atoms with Crippen molar-refractivity contribution in [2.24, 2.45) is 4.99 Å². The first-order valence-corrected chi connectivity index (χ1v) is 3.94. The van der Waals surface area contributed by atoms with E-state index >= 15 is 0 Å². The highest BCUT2D eigenvalue weighted by atomic mass is 32.2. The van der Waals surface area contributed by atoms with Crippen LogP contribution in [0.4, 0.5) is 0 Å². The van der Waals surface area contributed by atoms with Gasteiger partial charge in [-0.15, -0.1) is 6.58 Å². The predicted molar refractivity (Wildman–Crippen MR) is 43.0 cm³/mol. The Labute approximate surface area is 59.4 Å². The smallest absolute Gasteiger partial charge is 0.156 e. The van der Waals surface area contributed by atoms with E-state index in [1.807, 2.05) is 6.08 Å². The van der Waals surface area contributed by atoms with Gasteiger partial charge in [-0.2, -0.15) is 0 Å². The molecule has 0 aliphatic carbocycles. The first-order chi connectivity index (χ1) is 4.43. The number of aliphatic imine (C=N–C) groups is 1. The van der Waals surface area contributed by atoms with Crippen LogP contribution in [-0.4, -0.2) is 24.0 Å². The highest BCUT2D eigenvalue weighted by Crippen LogP contribution is 2.07. The number of nitrogens with one attached hydrogen (secondary N) is 1. The van der Waals surface area contributed by atoms with Gasteiger partial charge < -0.3 is 5.32 Å². The lowest BCUT2D eigenvalue weighted by Crippen LogP contribution is -2.18. The van der Waals surface area contributed by atoms with Crippen molar-refractivity contribution in [1.82, 2.24) is 5.32 Å². The first-order valence-electron chi connectivity index (χ1n) is 2.95. The van der Waals surface area contributed by atoms with Gasteiger partial charge >= 0.3 is 0 Å².